The van der Waals surface area contributed by atoms with Crippen LogP contribution in [0.3, 0.4) is 0 Å². The van der Waals surface area contributed by atoms with E-state index in [1.165, 1.54) is 0 Å². The van der Waals surface area contributed by atoms with Gasteiger partial charge in [0.2, 0.25) is 15.9 Å². The fourth-order valence-corrected chi connectivity index (χ4v) is 6.38. The first-order valence-electron chi connectivity index (χ1n) is 9.59. The van der Waals surface area contributed by atoms with Crippen LogP contribution in [0.4, 0.5) is 0 Å². The van der Waals surface area contributed by atoms with Crippen LogP contribution in [-0.2, 0) is 21.4 Å². The highest BCUT2D eigenvalue weighted by Gasteiger charge is 2.44. The molecule has 2 aliphatic heterocycles. The highest BCUT2D eigenvalue weighted by molar-refractivity contribution is 7.89. The average Bonchev–Trinajstić information content (AvgIpc) is 3.01. The summed E-state index contributed by atoms with van der Waals surface area (Å²) in [5.74, 6) is -0.0123. The van der Waals surface area contributed by atoms with Gasteiger partial charge in [0.1, 0.15) is 5.25 Å². The van der Waals surface area contributed by atoms with Crippen LogP contribution >= 0.6 is 0 Å². The average molecular weight is 395 g/mol. The number of rotatable bonds is 5. The lowest BCUT2D eigenvalue weighted by molar-refractivity contribution is -0.135. The number of hydrogen-bond acceptors (Lipinski definition) is 5. The zero-order valence-corrected chi connectivity index (χ0v) is 17.1. The monoisotopic (exact) mass is 394 g/mol. The number of benzene rings is 1. The van der Waals surface area contributed by atoms with Crippen molar-refractivity contribution >= 4 is 15.9 Å². The van der Waals surface area contributed by atoms with E-state index in [2.05, 4.69) is 10.9 Å². The third-order valence-electron chi connectivity index (χ3n) is 5.67. The van der Waals surface area contributed by atoms with E-state index in [1.807, 2.05) is 51.2 Å². The Morgan fingerprint density at radius 3 is 2.22 bits per heavy atom. The summed E-state index contributed by atoms with van der Waals surface area (Å²) in [5, 5.41) is -0.481. The zero-order valence-electron chi connectivity index (χ0n) is 16.3. The number of piperidine rings is 1. The second-order valence-corrected chi connectivity index (χ2v) is 9.82. The highest BCUT2D eigenvalue weighted by atomic mass is 32.2. The van der Waals surface area contributed by atoms with Crippen LogP contribution < -0.4 is 10.9 Å². The van der Waals surface area contributed by atoms with Gasteiger partial charge in [0.05, 0.1) is 0 Å². The third-order valence-corrected chi connectivity index (χ3v) is 8.26. The molecule has 7 nitrogen and oxygen atoms in total. The number of carbonyl (C=O) groups excluding carboxylic acids is 1. The molecule has 8 heteroatoms. The Kier molecular flexibility index (Phi) is 6.20. The molecule has 2 fully saturated rings. The summed E-state index contributed by atoms with van der Waals surface area (Å²) < 4.78 is 27.6. The van der Waals surface area contributed by atoms with Crippen LogP contribution in [0.15, 0.2) is 30.3 Å². The molecule has 2 saturated heterocycles. The van der Waals surface area contributed by atoms with Gasteiger partial charge in [-0.2, -0.15) is 0 Å². The molecule has 0 aliphatic carbocycles. The number of nitrogens with zero attached hydrogens (tertiary/aromatic N) is 2. The van der Waals surface area contributed by atoms with E-state index < -0.39 is 15.3 Å². The summed E-state index contributed by atoms with van der Waals surface area (Å²) in [6, 6.07) is 9.62. The number of nitrogens with one attached hydrogen (secondary N) is 2. The largest absolute Gasteiger partial charge is 0.341 e. The number of sulfonamides is 1. The van der Waals surface area contributed by atoms with Crippen molar-refractivity contribution in [1.29, 1.82) is 0 Å². The maximum absolute atomic E-state index is 13.0. The molecule has 1 amide bonds. The Morgan fingerprint density at radius 2 is 1.67 bits per heavy atom. The molecule has 2 unspecified atom stereocenters. The lowest BCUT2D eigenvalue weighted by Crippen LogP contribution is -2.50. The van der Waals surface area contributed by atoms with Gasteiger partial charge in [-0.25, -0.2) is 12.7 Å². The van der Waals surface area contributed by atoms with Crippen molar-refractivity contribution in [2.75, 3.05) is 20.1 Å². The predicted octanol–water partition coefficient (Wildman–Crippen LogP) is 0.940. The van der Waals surface area contributed by atoms with Crippen molar-refractivity contribution in [2.45, 2.75) is 50.6 Å². The van der Waals surface area contributed by atoms with E-state index in [9.17, 15) is 13.2 Å². The smallest absolute Gasteiger partial charge is 0.225 e. The molecule has 0 saturated carbocycles. The summed E-state index contributed by atoms with van der Waals surface area (Å²) in [5.41, 5.74) is 7.12. The first-order valence-corrected chi connectivity index (χ1v) is 11.1. The summed E-state index contributed by atoms with van der Waals surface area (Å²) in [6.45, 7) is 5.16. The summed E-state index contributed by atoms with van der Waals surface area (Å²) in [7, 11) is -1.58. The quantitative estimate of drug-likeness (QED) is 0.777. The fourth-order valence-electron chi connectivity index (χ4n) is 4.15. The maximum atomic E-state index is 13.0. The molecular formula is C19H30N4O3S. The van der Waals surface area contributed by atoms with Crippen LogP contribution in [0.2, 0.25) is 0 Å². The van der Waals surface area contributed by atoms with Crippen molar-refractivity contribution in [3.05, 3.63) is 35.9 Å². The Morgan fingerprint density at radius 1 is 1.11 bits per heavy atom. The first-order chi connectivity index (χ1) is 12.8. The predicted molar refractivity (Wildman–Crippen MR) is 105 cm³/mol. The van der Waals surface area contributed by atoms with Gasteiger partial charge in [-0.3, -0.25) is 15.6 Å². The maximum Gasteiger partial charge on any atom is 0.225 e. The topological polar surface area (TPSA) is 81.7 Å². The summed E-state index contributed by atoms with van der Waals surface area (Å²) in [6.07, 6.45) is 1.15. The fraction of sp³-hybridized carbons (Fsp3) is 0.632. The van der Waals surface area contributed by atoms with Crippen molar-refractivity contribution in [1.82, 2.24) is 20.1 Å². The number of hydrogen-bond donors (Lipinski definition) is 2. The summed E-state index contributed by atoms with van der Waals surface area (Å²) >= 11 is 0. The lowest BCUT2D eigenvalue weighted by atomic mass is 9.96. The Bertz CT molecular complexity index is 737. The van der Waals surface area contributed by atoms with Gasteiger partial charge in [-0.05, 0) is 32.3 Å². The van der Waals surface area contributed by atoms with E-state index in [4.69, 9.17) is 0 Å². The second-order valence-electron chi connectivity index (χ2n) is 7.73. The van der Waals surface area contributed by atoms with Gasteiger partial charge in [0.15, 0.2) is 0 Å². The van der Waals surface area contributed by atoms with Gasteiger partial charge in [-0.15, -0.1) is 0 Å². The number of hydrazine groups is 1. The van der Waals surface area contributed by atoms with Crippen molar-refractivity contribution in [3.63, 3.8) is 0 Å². The number of amides is 1. The molecule has 0 radical (unpaired) electrons. The van der Waals surface area contributed by atoms with Crippen molar-refractivity contribution < 1.29 is 13.2 Å². The lowest BCUT2D eigenvalue weighted by Gasteiger charge is -2.35. The molecule has 2 heterocycles. The summed E-state index contributed by atoms with van der Waals surface area (Å²) in [4.78, 5) is 14.5. The van der Waals surface area contributed by atoms with Crippen LogP contribution in [0.25, 0.3) is 0 Å². The zero-order chi connectivity index (χ0) is 19.6. The van der Waals surface area contributed by atoms with Crippen LogP contribution in [0.5, 0.6) is 0 Å². The van der Waals surface area contributed by atoms with Gasteiger partial charge in [-0.1, -0.05) is 30.3 Å². The van der Waals surface area contributed by atoms with E-state index in [0.717, 1.165) is 5.56 Å². The molecule has 1 aromatic carbocycles. The normalized spacial score (nSPS) is 27.6. The molecular weight excluding hydrogens is 364 g/mol. The second kappa shape index (κ2) is 8.26. The molecule has 2 atom stereocenters. The minimum absolute atomic E-state index is 0.0989. The van der Waals surface area contributed by atoms with E-state index in [1.54, 1.807) is 9.21 Å². The molecule has 2 N–H and O–H groups in total. The SMILES string of the molecule is CC1NNC(C)C1S(=O)(=O)N1CCC(C(=O)N(C)Cc2ccccc2)CC1. The van der Waals surface area contributed by atoms with Gasteiger partial charge >= 0.3 is 0 Å². The van der Waals surface area contributed by atoms with Crippen LogP contribution in [0.1, 0.15) is 32.3 Å². The van der Waals surface area contributed by atoms with E-state index >= 15 is 0 Å². The van der Waals surface area contributed by atoms with Crippen molar-refractivity contribution in [2.24, 2.45) is 5.92 Å². The molecule has 150 valence electrons. The van der Waals surface area contributed by atoms with E-state index in [0.29, 0.717) is 32.5 Å². The Balaban J connectivity index is 1.57. The highest BCUT2D eigenvalue weighted by Crippen LogP contribution is 2.26. The molecule has 3 rings (SSSR count). The minimum Gasteiger partial charge on any atom is -0.341 e. The van der Waals surface area contributed by atoms with Crippen molar-refractivity contribution in [3.8, 4) is 0 Å². The van der Waals surface area contributed by atoms with E-state index in [-0.39, 0.29) is 23.9 Å². The Hall–Kier alpha value is -1.48. The molecule has 27 heavy (non-hydrogen) atoms. The minimum atomic E-state index is -3.39. The molecule has 0 bridgehead atoms. The van der Waals surface area contributed by atoms with Gasteiger partial charge < -0.3 is 4.90 Å². The van der Waals surface area contributed by atoms with Crippen LogP contribution in [0, 0.1) is 5.92 Å². The third kappa shape index (κ3) is 4.34. The molecule has 0 aromatic heterocycles. The Labute approximate surface area is 162 Å². The van der Waals surface area contributed by atoms with Crippen LogP contribution in [-0.4, -0.2) is 61.0 Å². The van der Waals surface area contributed by atoms with Gasteiger partial charge in [0.25, 0.3) is 0 Å². The molecule has 2 aliphatic rings. The van der Waals surface area contributed by atoms with Gasteiger partial charge in [0, 0.05) is 44.7 Å². The molecule has 0 spiro atoms. The molecule has 1 aromatic rings. The standard InChI is InChI=1S/C19H30N4O3S/c1-14-18(15(2)21-20-14)27(25,26)23-11-9-17(10-12-23)19(24)22(3)13-16-7-5-4-6-8-16/h4-8,14-15,17-18,20-21H,9-13H2,1-3H3. The number of carbonyl (C=O) groups is 1. The first kappa shape index (κ1) is 20.3.